The van der Waals surface area contributed by atoms with Crippen molar-refractivity contribution in [3.05, 3.63) is 39.9 Å². The van der Waals surface area contributed by atoms with Crippen LogP contribution in [-0.2, 0) is 9.59 Å². The number of carbonyl (C=O) groups excluding carboxylic acids is 2. The smallest absolute Gasteiger partial charge is 0.271 e. The number of amides is 2. The number of hydrogen-bond donors (Lipinski definition) is 2. The summed E-state index contributed by atoms with van der Waals surface area (Å²) in [6.45, 7) is 0. The van der Waals surface area contributed by atoms with Gasteiger partial charge in [-0.25, -0.2) is 4.98 Å². The number of nitro groups is 1. The fourth-order valence-electron chi connectivity index (χ4n) is 1.81. The SMILES string of the molecule is COc1ccc([N+](=O)[O-])cc1NC(=O)CCC(=O)Nc1nccs1. The van der Waals surface area contributed by atoms with E-state index in [1.165, 1.54) is 36.6 Å². The predicted molar refractivity (Wildman–Crippen MR) is 88.3 cm³/mol. The molecule has 2 N–H and O–H groups in total. The van der Waals surface area contributed by atoms with E-state index in [4.69, 9.17) is 4.74 Å². The van der Waals surface area contributed by atoms with Crippen LogP contribution >= 0.6 is 11.3 Å². The highest BCUT2D eigenvalue weighted by Crippen LogP contribution is 2.29. The summed E-state index contributed by atoms with van der Waals surface area (Å²) in [6.07, 6.45) is 1.44. The molecule has 24 heavy (non-hydrogen) atoms. The van der Waals surface area contributed by atoms with E-state index >= 15 is 0 Å². The van der Waals surface area contributed by atoms with Crippen LogP contribution in [0.1, 0.15) is 12.8 Å². The first-order valence-corrected chi connectivity index (χ1v) is 7.69. The monoisotopic (exact) mass is 350 g/mol. The average molecular weight is 350 g/mol. The van der Waals surface area contributed by atoms with E-state index in [2.05, 4.69) is 15.6 Å². The number of thiazole rings is 1. The van der Waals surface area contributed by atoms with Crippen LogP contribution in [0.25, 0.3) is 0 Å². The molecule has 0 saturated heterocycles. The highest BCUT2D eigenvalue weighted by atomic mass is 32.1. The van der Waals surface area contributed by atoms with Gasteiger partial charge in [-0.05, 0) is 6.07 Å². The highest BCUT2D eigenvalue weighted by Gasteiger charge is 2.14. The van der Waals surface area contributed by atoms with Crippen molar-refractivity contribution in [3.63, 3.8) is 0 Å². The maximum absolute atomic E-state index is 11.9. The largest absolute Gasteiger partial charge is 0.495 e. The third-order valence-corrected chi connectivity index (χ3v) is 3.61. The van der Waals surface area contributed by atoms with Gasteiger partial charge in [-0.1, -0.05) is 0 Å². The lowest BCUT2D eigenvalue weighted by Gasteiger charge is -2.09. The second-order valence-electron chi connectivity index (χ2n) is 4.58. The molecule has 0 aliphatic rings. The minimum Gasteiger partial charge on any atom is -0.495 e. The van der Waals surface area contributed by atoms with Crippen molar-refractivity contribution < 1.29 is 19.2 Å². The number of nitrogens with zero attached hydrogens (tertiary/aromatic N) is 2. The second kappa shape index (κ2) is 8.02. The molecule has 2 rings (SSSR count). The van der Waals surface area contributed by atoms with Crippen molar-refractivity contribution in [3.8, 4) is 5.75 Å². The van der Waals surface area contributed by atoms with Crippen LogP contribution in [0.3, 0.4) is 0 Å². The number of non-ortho nitro benzene ring substituents is 1. The molecule has 9 nitrogen and oxygen atoms in total. The molecule has 2 amide bonds. The van der Waals surface area contributed by atoms with E-state index in [-0.39, 0.29) is 30.1 Å². The lowest BCUT2D eigenvalue weighted by molar-refractivity contribution is -0.384. The lowest BCUT2D eigenvalue weighted by Crippen LogP contribution is -2.17. The summed E-state index contributed by atoms with van der Waals surface area (Å²) in [5.74, 6) is -0.504. The third-order valence-electron chi connectivity index (χ3n) is 2.93. The summed E-state index contributed by atoms with van der Waals surface area (Å²) in [4.78, 5) is 37.8. The van der Waals surface area contributed by atoms with Crippen LogP contribution in [-0.4, -0.2) is 28.8 Å². The molecular weight excluding hydrogens is 336 g/mol. The molecule has 0 atom stereocenters. The highest BCUT2D eigenvalue weighted by molar-refractivity contribution is 7.13. The van der Waals surface area contributed by atoms with Crippen molar-refractivity contribution in [1.82, 2.24) is 4.98 Å². The Morgan fingerprint density at radius 1 is 1.29 bits per heavy atom. The summed E-state index contributed by atoms with van der Waals surface area (Å²) in [5, 5.41) is 18.0. The molecule has 2 aromatic rings. The topological polar surface area (TPSA) is 123 Å². The Bertz CT molecular complexity index is 748. The quantitative estimate of drug-likeness (QED) is 0.584. The molecule has 0 aliphatic carbocycles. The first-order chi connectivity index (χ1) is 11.5. The average Bonchev–Trinajstić information content (AvgIpc) is 3.05. The molecule has 10 heteroatoms. The zero-order valence-electron chi connectivity index (χ0n) is 12.6. The number of anilines is 2. The van der Waals surface area contributed by atoms with Crippen molar-refractivity contribution in [1.29, 1.82) is 0 Å². The fourth-order valence-corrected chi connectivity index (χ4v) is 2.36. The zero-order valence-corrected chi connectivity index (χ0v) is 13.5. The fraction of sp³-hybridized carbons (Fsp3) is 0.214. The van der Waals surface area contributed by atoms with E-state index in [1.807, 2.05) is 0 Å². The van der Waals surface area contributed by atoms with E-state index in [1.54, 1.807) is 11.6 Å². The van der Waals surface area contributed by atoms with Gasteiger partial charge < -0.3 is 15.4 Å². The minimum atomic E-state index is -0.573. The van der Waals surface area contributed by atoms with Crippen LogP contribution in [0.4, 0.5) is 16.5 Å². The van der Waals surface area contributed by atoms with Gasteiger partial charge in [0.25, 0.3) is 5.69 Å². The molecule has 0 bridgehead atoms. The number of hydrogen-bond acceptors (Lipinski definition) is 7. The van der Waals surface area contributed by atoms with E-state index in [0.29, 0.717) is 10.9 Å². The van der Waals surface area contributed by atoms with Gasteiger partial charge in [-0.3, -0.25) is 19.7 Å². The number of nitrogens with one attached hydrogen (secondary N) is 2. The van der Waals surface area contributed by atoms with E-state index < -0.39 is 10.8 Å². The van der Waals surface area contributed by atoms with Gasteiger partial charge in [0.1, 0.15) is 5.75 Å². The molecule has 0 aliphatic heterocycles. The van der Waals surface area contributed by atoms with Crippen LogP contribution in [0.2, 0.25) is 0 Å². The third kappa shape index (κ3) is 4.74. The van der Waals surface area contributed by atoms with Crippen molar-refractivity contribution in [2.75, 3.05) is 17.7 Å². The van der Waals surface area contributed by atoms with Gasteiger partial charge in [0.05, 0.1) is 17.7 Å². The summed E-state index contributed by atoms with van der Waals surface area (Å²) in [5.41, 5.74) is 0.00430. The summed E-state index contributed by atoms with van der Waals surface area (Å²) in [7, 11) is 1.39. The summed E-state index contributed by atoms with van der Waals surface area (Å²) < 4.78 is 5.05. The molecule has 1 aromatic heterocycles. The minimum absolute atomic E-state index is 0.0390. The molecular formula is C14H14N4O5S. The molecule has 0 spiro atoms. The molecule has 0 saturated carbocycles. The van der Waals surface area contributed by atoms with Crippen molar-refractivity contribution in [2.45, 2.75) is 12.8 Å². The maximum Gasteiger partial charge on any atom is 0.271 e. The van der Waals surface area contributed by atoms with Gasteiger partial charge in [-0.2, -0.15) is 0 Å². The zero-order chi connectivity index (χ0) is 17.5. The number of aromatic nitrogens is 1. The van der Waals surface area contributed by atoms with Crippen LogP contribution in [0.5, 0.6) is 5.75 Å². The number of carbonyl (C=O) groups is 2. The molecule has 0 unspecified atom stereocenters. The van der Waals surface area contributed by atoms with Crippen LogP contribution in [0.15, 0.2) is 29.8 Å². The van der Waals surface area contributed by atoms with Crippen molar-refractivity contribution in [2.24, 2.45) is 0 Å². The molecule has 1 aromatic carbocycles. The number of benzene rings is 1. The molecule has 126 valence electrons. The predicted octanol–water partition coefficient (Wildman–Crippen LogP) is 2.42. The molecule has 1 heterocycles. The van der Waals surface area contributed by atoms with Gasteiger partial charge in [0, 0.05) is 36.6 Å². The Balaban J connectivity index is 1.93. The van der Waals surface area contributed by atoms with Crippen molar-refractivity contribution >= 4 is 39.7 Å². The molecule has 0 fully saturated rings. The first kappa shape index (κ1) is 17.3. The Hall–Kier alpha value is -3.01. The van der Waals surface area contributed by atoms with E-state index in [9.17, 15) is 19.7 Å². The molecule has 0 radical (unpaired) electrons. The van der Waals surface area contributed by atoms with Gasteiger partial charge >= 0.3 is 0 Å². The Kier molecular flexibility index (Phi) is 5.79. The maximum atomic E-state index is 11.9. The number of rotatable bonds is 7. The summed E-state index contributed by atoms with van der Waals surface area (Å²) in [6, 6.07) is 3.87. The second-order valence-corrected chi connectivity index (χ2v) is 5.47. The normalized spacial score (nSPS) is 10.0. The van der Waals surface area contributed by atoms with Crippen LogP contribution < -0.4 is 15.4 Å². The van der Waals surface area contributed by atoms with Gasteiger partial charge in [0.15, 0.2) is 5.13 Å². The standard InChI is InChI=1S/C14H14N4O5S/c1-23-11-3-2-9(18(21)22)8-10(11)16-12(19)4-5-13(20)17-14-15-6-7-24-14/h2-3,6-8H,4-5H2,1H3,(H,16,19)(H,15,17,20). The Morgan fingerprint density at radius 2 is 2.00 bits per heavy atom. The number of nitro benzene ring substituents is 1. The lowest BCUT2D eigenvalue weighted by atomic mass is 10.2. The van der Waals surface area contributed by atoms with Gasteiger partial charge in [-0.15, -0.1) is 11.3 Å². The van der Waals surface area contributed by atoms with Gasteiger partial charge in [0.2, 0.25) is 11.8 Å². The Morgan fingerprint density at radius 3 is 2.58 bits per heavy atom. The summed E-state index contributed by atoms with van der Waals surface area (Å²) >= 11 is 1.27. The van der Waals surface area contributed by atoms with Crippen LogP contribution in [0, 0.1) is 10.1 Å². The Labute approximate surface area is 140 Å². The number of methoxy groups -OCH3 is 1. The first-order valence-electron chi connectivity index (χ1n) is 6.81. The number of ether oxygens (including phenoxy) is 1. The van der Waals surface area contributed by atoms with E-state index in [0.717, 1.165) is 0 Å².